The van der Waals surface area contributed by atoms with Gasteiger partial charge >= 0.3 is 7.69 Å². The number of anilines is 1. The molecule has 0 unspecified atom stereocenters. The molecular weight excluding hydrogens is 715 g/mol. The maximum Gasteiger partial charge on any atom is 0.569 e. The number of nitrogens with zero attached hydrogens (tertiary/aromatic N) is 8. The number of benzene rings is 4. The van der Waals surface area contributed by atoms with E-state index in [1.807, 2.05) is 54.6 Å². The summed E-state index contributed by atoms with van der Waals surface area (Å²) < 4.78 is 4.63. The predicted octanol–water partition coefficient (Wildman–Crippen LogP) is 5.04. The summed E-state index contributed by atoms with van der Waals surface area (Å²) in [5.41, 5.74) is 10.1. The Hall–Kier alpha value is -4.28. The number of nitrogen functional groups attached to an aromatic ring is 1. The van der Waals surface area contributed by atoms with Gasteiger partial charge in [0.2, 0.25) is 11.6 Å². The number of aromatic nitrogens is 8. The van der Waals surface area contributed by atoms with Crippen molar-refractivity contribution in [3.05, 3.63) is 116 Å². The standard InChI is InChI=1S/C16H14Cl2N4O.C9H11N5O.C6H4BCl2O2/c17-13-8-11(9-14(18)10-13)7-12-3-1-2-4-15(12)16-19-21-22(20-16)5-6-23;10-8-4-2-1-3-7(8)9-11-13-14(12-9)5-6-15;8-4-1-5(9)3-6(2-4)11-7-10/h1-4,8-10,23H,5-7H2;1-4,15H,5-6,10H2;1-3,10H. The van der Waals surface area contributed by atoms with Gasteiger partial charge < -0.3 is 25.6 Å². The van der Waals surface area contributed by atoms with E-state index in [1.54, 1.807) is 30.3 Å². The van der Waals surface area contributed by atoms with Gasteiger partial charge in [-0.05, 0) is 76.5 Å². The largest absolute Gasteiger partial charge is 0.569 e. The van der Waals surface area contributed by atoms with Crippen molar-refractivity contribution in [1.82, 2.24) is 40.4 Å². The second-order valence-corrected chi connectivity index (χ2v) is 11.6. The van der Waals surface area contributed by atoms with E-state index < -0.39 is 0 Å². The van der Waals surface area contributed by atoms with Crippen molar-refractivity contribution in [3.63, 3.8) is 0 Å². The highest BCUT2D eigenvalue weighted by Crippen LogP contribution is 2.26. The average Bonchev–Trinajstić information content (AvgIpc) is 3.72. The van der Waals surface area contributed by atoms with Gasteiger partial charge in [0.25, 0.3) is 0 Å². The number of aliphatic hydroxyl groups is 2. The predicted molar refractivity (Wildman–Crippen MR) is 189 cm³/mol. The van der Waals surface area contributed by atoms with E-state index in [9.17, 15) is 0 Å². The second-order valence-electron chi connectivity index (χ2n) is 9.89. The molecule has 6 aromatic rings. The van der Waals surface area contributed by atoms with Crippen LogP contribution in [0.25, 0.3) is 22.8 Å². The van der Waals surface area contributed by atoms with Crippen LogP contribution in [-0.4, -0.2) is 76.6 Å². The number of rotatable bonds is 10. The minimum Gasteiger partial charge on any atom is -0.537 e. The first-order chi connectivity index (χ1) is 23.7. The Morgan fingerprint density at radius 2 is 1.16 bits per heavy atom. The lowest BCUT2D eigenvalue weighted by Gasteiger charge is -2.07. The van der Waals surface area contributed by atoms with Crippen molar-refractivity contribution in [3.8, 4) is 28.5 Å². The molecule has 4 aromatic carbocycles. The molecule has 2 aromatic heterocycles. The molecule has 0 atom stereocenters. The van der Waals surface area contributed by atoms with Crippen LogP contribution in [0.4, 0.5) is 5.69 Å². The topological polar surface area (TPSA) is 183 Å². The first-order valence-corrected chi connectivity index (χ1v) is 15.9. The van der Waals surface area contributed by atoms with Crippen molar-refractivity contribution in [2.24, 2.45) is 0 Å². The minimum atomic E-state index is -0.0293. The fourth-order valence-corrected chi connectivity index (χ4v) is 5.33. The van der Waals surface area contributed by atoms with Crippen LogP contribution in [0.15, 0.2) is 84.9 Å². The van der Waals surface area contributed by atoms with Crippen molar-refractivity contribution in [2.45, 2.75) is 19.5 Å². The zero-order valence-electron chi connectivity index (χ0n) is 25.6. The van der Waals surface area contributed by atoms with Gasteiger partial charge in [0, 0.05) is 36.9 Å². The SMILES string of the molecule is Nc1ccccc1-c1nnn(CCO)n1.OCCn1nnc(-c2ccccc2Cc2cc(Cl)cc(Cl)c2)n1.O[B]Oc1cc(Cl)cc(Cl)c1. The lowest BCUT2D eigenvalue weighted by molar-refractivity contribution is 0.259. The number of hydrogen-bond acceptors (Lipinski definition) is 11. The molecule has 18 heteroatoms. The summed E-state index contributed by atoms with van der Waals surface area (Å²) in [6.07, 6.45) is 0.658. The van der Waals surface area contributed by atoms with Crippen LogP contribution in [0.3, 0.4) is 0 Å². The highest BCUT2D eigenvalue weighted by molar-refractivity contribution is 6.35. The molecule has 49 heavy (non-hydrogen) atoms. The molecule has 0 spiro atoms. The zero-order valence-corrected chi connectivity index (χ0v) is 28.6. The molecule has 0 amide bonds. The van der Waals surface area contributed by atoms with Crippen LogP contribution in [-0.2, 0) is 19.5 Å². The number of aliphatic hydroxyl groups excluding tert-OH is 2. The number of tetrazole rings is 2. The Bertz CT molecular complexity index is 1910. The van der Waals surface area contributed by atoms with E-state index in [-0.39, 0.29) is 13.2 Å². The molecule has 0 aliphatic rings. The molecular formula is C31H29BCl4N9O4. The smallest absolute Gasteiger partial charge is 0.537 e. The van der Waals surface area contributed by atoms with Crippen LogP contribution in [0.1, 0.15) is 11.1 Å². The van der Waals surface area contributed by atoms with Gasteiger partial charge in [-0.1, -0.05) is 82.8 Å². The van der Waals surface area contributed by atoms with Crippen molar-refractivity contribution < 1.29 is 19.9 Å². The Morgan fingerprint density at radius 3 is 1.69 bits per heavy atom. The number of halogens is 4. The van der Waals surface area contributed by atoms with E-state index in [0.717, 1.165) is 22.3 Å². The highest BCUT2D eigenvalue weighted by atomic mass is 35.5. The maximum atomic E-state index is 8.95. The quantitative estimate of drug-likeness (QED) is 0.109. The summed E-state index contributed by atoms with van der Waals surface area (Å²) in [4.78, 5) is 2.71. The van der Waals surface area contributed by atoms with Crippen LogP contribution in [0, 0.1) is 0 Å². The third kappa shape index (κ3) is 11.7. The first-order valence-electron chi connectivity index (χ1n) is 14.4. The average molecular weight is 744 g/mol. The van der Waals surface area contributed by atoms with Crippen molar-refractivity contribution in [2.75, 3.05) is 18.9 Å². The van der Waals surface area contributed by atoms with Crippen molar-refractivity contribution >= 4 is 59.8 Å². The van der Waals surface area contributed by atoms with Crippen LogP contribution in [0.5, 0.6) is 5.75 Å². The summed E-state index contributed by atoms with van der Waals surface area (Å²) in [6, 6.07) is 25.3. The molecule has 0 aliphatic carbocycles. The van der Waals surface area contributed by atoms with Gasteiger partial charge in [-0.15, -0.1) is 20.4 Å². The molecule has 6 rings (SSSR count). The molecule has 0 bridgehead atoms. The maximum absolute atomic E-state index is 8.95. The summed E-state index contributed by atoms with van der Waals surface area (Å²) in [7, 11) is 0.571. The third-order valence-electron chi connectivity index (χ3n) is 6.31. The molecule has 2 heterocycles. The number of nitrogens with two attached hydrogens (primary N) is 1. The van der Waals surface area contributed by atoms with E-state index in [0.29, 0.717) is 70.4 Å². The van der Waals surface area contributed by atoms with Gasteiger partial charge in [0.05, 0.1) is 26.3 Å². The van der Waals surface area contributed by atoms with Gasteiger partial charge in [0.15, 0.2) is 0 Å². The Labute approximate surface area is 302 Å². The summed E-state index contributed by atoms with van der Waals surface area (Å²) in [5, 5.41) is 52.1. The lowest BCUT2D eigenvalue weighted by atomic mass is 9.99. The summed E-state index contributed by atoms with van der Waals surface area (Å²) in [5.74, 6) is 1.41. The normalized spacial score (nSPS) is 10.4. The van der Waals surface area contributed by atoms with Crippen LogP contribution >= 0.6 is 46.4 Å². The molecule has 13 nitrogen and oxygen atoms in total. The molecule has 5 N–H and O–H groups in total. The van der Waals surface area contributed by atoms with Crippen molar-refractivity contribution in [1.29, 1.82) is 0 Å². The zero-order chi connectivity index (χ0) is 35.2. The van der Waals surface area contributed by atoms with Gasteiger partial charge in [-0.2, -0.15) is 9.59 Å². The fourth-order valence-electron chi connectivity index (χ4n) is 4.25. The molecule has 0 saturated heterocycles. The fraction of sp³-hybridized carbons (Fsp3) is 0.161. The monoisotopic (exact) mass is 742 g/mol. The Morgan fingerprint density at radius 1 is 0.673 bits per heavy atom. The van der Waals surface area contributed by atoms with Gasteiger partial charge in [-0.25, -0.2) is 0 Å². The third-order valence-corrected chi connectivity index (χ3v) is 7.18. The highest BCUT2D eigenvalue weighted by Gasteiger charge is 2.12. The van der Waals surface area contributed by atoms with Gasteiger partial charge in [-0.3, -0.25) is 0 Å². The molecule has 253 valence electrons. The first kappa shape index (κ1) is 37.5. The summed E-state index contributed by atoms with van der Waals surface area (Å²) >= 11 is 23.4. The molecule has 0 aliphatic heterocycles. The van der Waals surface area contributed by atoms with E-state index in [2.05, 4.69) is 35.5 Å². The second kappa shape index (κ2) is 19.1. The van der Waals surface area contributed by atoms with Crippen LogP contribution in [0.2, 0.25) is 20.1 Å². The summed E-state index contributed by atoms with van der Waals surface area (Å²) in [6.45, 7) is 0.608. The van der Waals surface area contributed by atoms with Gasteiger partial charge in [0.1, 0.15) is 5.75 Å². The molecule has 1 radical (unpaired) electrons. The Kier molecular flexibility index (Phi) is 14.6. The lowest BCUT2D eigenvalue weighted by Crippen LogP contribution is -2.05. The number of hydrogen-bond donors (Lipinski definition) is 4. The molecule has 0 fully saturated rings. The Balaban J connectivity index is 0.000000179. The minimum absolute atomic E-state index is 0.0138. The van der Waals surface area contributed by atoms with E-state index >= 15 is 0 Å². The van der Waals surface area contributed by atoms with Crippen LogP contribution < -0.4 is 10.4 Å². The van der Waals surface area contributed by atoms with E-state index in [1.165, 1.54) is 9.59 Å². The number of para-hydroxylation sites is 1. The molecule has 0 saturated carbocycles. The van der Waals surface area contributed by atoms with E-state index in [4.69, 9.17) is 67.4 Å².